The quantitative estimate of drug-likeness (QED) is 0.802. The van der Waals surface area contributed by atoms with E-state index in [0.717, 1.165) is 29.7 Å². The highest BCUT2D eigenvalue weighted by Crippen LogP contribution is 2.28. The second-order valence-electron chi connectivity index (χ2n) is 8.11. The fourth-order valence-electron chi connectivity index (χ4n) is 3.87. The number of nitrogens with zero attached hydrogens (tertiary/aromatic N) is 1. The molecule has 1 fully saturated rings. The molecule has 29 heavy (non-hydrogen) atoms. The molecule has 1 N–H and O–H groups in total. The molecule has 156 valence electrons. The van der Waals surface area contributed by atoms with E-state index in [4.69, 9.17) is 0 Å². The molecule has 0 bridgehead atoms. The summed E-state index contributed by atoms with van der Waals surface area (Å²) in [5.74, 6) is -0.928. The lowest BCUT2D eigenvalue weighted by atomic mass is 9.94. The first kappa shape index (κ1) is 21.5. The topological polar surface area (TPSA) is 66.5 Å². The van der Waals surface area contributed by atoms with E-state index in [0.29, 0.717) is 18.8 Å². The normalized spacial score (nSPS) is 20.4. The summed E-state index contributed by atoms with van der Waals surface area (Å²) in [7, 11) is -3.80. The first-order chi connectivity index (χ1) is 13.6. The molecule has 0 radical (unpaired) electrons. The number of sulfonamides is 1. The van der Waals surface area contributed by atoms with Crippen molar-refractivity contribution < 1.29 is 17.6 Å². The van der Waals surface area contributed by atoms with Crippen LogP contribution >= 0.6 is 0 Å². The molecule has 1 aliphatic heterocycles. The van der Waals surface area contributed by atoms with Crippen LogP contribution in [0, 0.1) is 31.5 Å². The third-order valence-corrected chi connectivity index (χ3v) is 7.34. The van der Waals surface area contributed by atoms with E-state index < -0.39 is 21.7 Å². The van der Waals surface area contributed by atoms with Gasteiger partial charge in [-0.2, -0.15) is 4.31 Å². The van der Waals surface area contributed by atoms with Crippen LogP contribution < -0.4 is 5.32 Å². The zero-order valence-electron chi connectivity index (χ0n) is 17.2. The molecule has 1 saturated heterocycles. The lowest BCUT2D eigenvalue weighted by molar-refractivity contribution is 0.102. The van der Waals surface area contributed by atoms with Crippen LogP contribution in [-0.2, 0) is 10.0 Å². The first-order valence-corrected chi connectivity index (χ1v) is 11.2. The Morgan fingerprint density at radius 1 is 1.10 bits per heavy atom. The van der Waals surface area contributed by atoms with Gasteiger partial charge in [-0.1, -0.05) is 26.0 Å². The maximum absolute atomic E-state index is 14.4. The number of hydrogen-bond donors (Lipinski definition) is 1. The first-order valence-electron chi connectivity index (χ1n) is 9.77. The number of benzene rings is 2. The highest BCUT2D eigenvalue weighted by Gasteiger charge is 2.32. The summed E-state index contributed by atoms with van der Waals surface area (Å²) in [6.45, 7) is 8.67. The lowest BCUT2D eigenvalue weighted by Gasteiger charge is -2.34. The highest BCUT2D eigenvalue weighted by atomic mass is 32.2. The standard InChI is InChI=1S/C22H27FN2O3S/c1-14-10-15(2)13-25(12-14)29(27,28)18-8-9-20(23)19(11-18)22(26)24-21-7-5-6-16(3)17(21)4/h5-9,11,14-15H,10,12-13H2,1-4H3,(H,24,26)/t14-,15+. The number of amides is 1. The second kappa shape index (κ2) is 8.24. The summed E-state index contributed by atoms with van der Waals surface area (Å²) in [5.41, 5.74) is 2.15. The SMILES string of the molecule is Cc1cccc(NC(=O)c2cc(S(=O)(=O)N3C[C@H](C)C[C@H](C)C3)ccc2F)c1C. The van der Waals surface area contributed by atoms with Crippen LogP contribution in [0.4, 0.5) is 10.1 Å². The van der Waals surface area contributed by atoms with Gasteiger partial charge in [0.05, 0.1) is 10.5 Å². The van der Waals surface area contributed by atoms with E-state index in [1.807, 2.05) is 33.8 Å². The van der Waals surface area contributed by atoms with E-state index in [1.165, 1.54) is 10.4 Å². The number of rotatable bonds is 4. The molecule has 0 saturated carbocycles. The molecule has 0 aromatic heterocycles. The molecule has 1 amide bonds. The number of nitrogens with one attached hydrogen (secondary N) is 1. The molecular formula is C22H27FN2O3S. The van der Waals surface area contributed by atoms with Crippen molar-refractivity contribution in [3.8, 4) is 0 Å². The average molecular weight is 419 g/mol. The van der Waals surface area contributed by atoms with Crippen molar-refractivity contribution in [3.63, 3.8) is 0 Å². The Labute approximate surface area is 172 Å². The van der Waals surface area contributed by atoms with Crippen molar-refractivity contribution in [3.05, 3.63) is 58.9 Å². The molecule has 3 rings (SSSR count). The summed E-state index contributed by atoms with van der Waals surface area (Å²) >= 11 is 0. The van der Waals surface area contributed by atoms with Crippen LogP contribution in [-0.4, -0.2) is 31.7 Å². The van der Waals surface area contributed by atoms with Crippen molar-refractivity contribution in [2.45, 2.75) is 39.0 Å². The summed E-state index contributed by atoms with van der Waals surface area (Å²) < 4.78 is 42.0. The Morgan fingerprint density at radius 2 is 1.76 bits per heavy atom. The molecule has 1 aliphatic rings. The number of carbonyl (C=O) groups excluding carboxylic acids is 1. The van der Waals surface area contributed by atoms with Crippen molar-refractivity contribution in [1.82, 2.24) is 4.31 Å². The largest absolute Gasteiger partial charge is 0.322 e. The Hall–Kier alpha value is -2.25. The van der Waals surface area contributed by atoms with Crippen LogP contribution in [0.15, 0.2) is 41.3 Å². The Bertz CT molecular complexity index is 1030. The minimum Gasteiger partial charge on any atom is -0.322 e. The van der Waals surface area contributed by atoms with Crippen molar-refractivity contribution in [2.75, 3.05) is 18.4 Å². The van der Waals surface area contributed by atoms with E-state index in [2.05, 4.69) is 5.32 Å². The van der Waals surface area contributed by atoms with Crippen LogP contribution in [0.25, 0.3) is 0 Å². The minimum atomic E-state index is -3.80. The number of aryl methyl sites for hydroxylation is 1. The van der Waals surface area contributed by atoms with Gasteiger partial charge < -0.3 is 5.32 Å². The van der Waals surface area contributed by atoms with Crippen molar-refractivity contribution in [2.24, 2.45) is 11.8 Å². The zero-order valence-corrected chi connectivity index (χ0v) is 18.0. The monoisotopic (exact) mass is 418 g/mol. The predicted octanol–water partition coefficient (Wildman–Crippen LogP) is 4.36. The number of anilines is 1. The summed E-state index contributed by atoms with van der Waals surface area (Å²) in [5, 5.41) is 2.69. The number of piperidine rings is 1. The molecule has 1 heterocycles. The van der Waals surface area contributed by atoms with Crippen LogP contribution in [0.1, 0.15) is 41.8 Å². The van der Waals surface area contributed by atoms with Crippen LogP contribution in [0.3, 0.4) is 0 Å². The summed E-state index contributed by atoms with van der Waals surface area (Å²) in [6.07, 6.45) is 0.971. The fourth-order valence-corrected chi connectivity index (χ4v) is 5.57. The Balaban J connectivity index is 1.91. The molecule has 0 unspecified atom stereocenters. The molecule has 2 atom stereocenters. The molecule has 0 aliphatic carbocycles. The zero-order chi connectivity index (χ0) is 21.3. The second-order valence-corrected chi connectivity index (χ2v) is 10.0. The Morgan fingerprint density at radius 3 is 2.41 bits per heavy atom. The van der Waals surface area contributed by atoms with E-state index in [-0.39, 0.29) is 22.3 Å². The predicted molar refractivity (Wildman–Crippen MR) is 112 cm³/mol. The Kier molecular flexibility index (Phi) is 6.10. The molecule has 5 nitrogen and oxygen atoms in total. The van der Waals surface area contributed by atoms with Crippen LogP contribution in [0.5, 0.6) is 0 Å². The van der Waals surface area contributed by atoms with Gasteiger partial charge in [-0.05, 0) is 67.5 Å². The molecule has 2 aromatic rings. The summed E-state index contributed by atoms with van der Waals surface area (Å²) in [6, 6.07) is 8.85. The molecule has 2 aromatic carbocycles. The maximum Gasteiger partial charge on any atom is 0.258 e. The highest BCUT2D eigenvalue weighted by molar-refractivity contribution is 7.89. The number of hydrogen-bond acceptors (Lipinski definition) is 3. The van der Waals surface area contributed by atoms with Crippen molar-refractivity contribution >= 4 is 21.6 Å². The van der Waals surface area contributed by atoms with Gasteiger partial charge in [-0.25, -0.2) is 12.8 Å². The van der Waals surface area contributed by atoms with Crippen molar-refractivity contribution in [1.29, 1.82) is 0 Å². The van der Waals surface area contributed by atoms with Gasteiger partial charge in [0, 0.05) is 18.8 Å². The van der Waals surface area contributed by atoms with Gasteiger partial charge in [-0.15, -0.1) is 0 Å². The average Bonchev–Trinajstić information content (AvgIpc) is 2.64. The smallest absolute Gasteiger partial charge is 0.258 e. The molecule has 7 heteroatoms. The van der Waals surface area contributed by atoms with Gasteiger partial charge in [0.15, 0.2) is 0 Å². The third-order valence-electron chi connectivity index (χ3n) is 5.51. The van der Waals surface area contributed by atoms with Gasteiger partial charge in [0.1, 0.15) is 5.82 Å². The number of halogens is 1. The molecule has 0 spiro atoms. The van der Waals surface area contributed by atoms with Gasteiger partial charge in [0.25, 0.3) is 5.91 Å². The fraction of sp³-hybridized carbons (Fsp3) is 0.409. The third kappa shape index (κ3) is 4.51. The van der Waals surface area contributed by atoms with E-state index >= 15 is 0 Å². The number of carbonyl (C=O) groups is 1. The summed E-state index contributed by atoms with van der Waals surface area (Å²) in [4.78, 5) is 12.6. The van der Waals surface area contributed by atoms with Crippen LogP contribution in [0.2, 0.25) is 0 Å². The minimum absolute atomic E-state index is 0.0636. The maximum atomic E-state index is 14.4. The van der Waals surface area contributed by atoms with Gasteiger partial charge in [0.2, 0.25) is 10.0 Å². The molecular weight excluding hydrogens is 391 g/mol. The lowest BCUT2D eigenvalue weighted by Crippen LogP contribution is -2.42. The van der Waals surface area contributed by atoms with E-state index in [9.17, 15) is 17.6 Å². The van der Waals surface area contributed by atoms with E-state index in [1.54, 1.807) is 12.1 Å². The van der Waals surface area contributed by atoms with Gasteiger partial charge >= 0.3 is 0 Å². The van der Waals surface area contributed by atoms with Gasteiger partial charge in [-0.3, -0.25) is 4.79 Å².